The molecule has 0 saturated carbocycles. The molecule has 3 aromatic rings. The monoisotopic (exact) mass is 399 g/mol. The van der Waals surface area contributed by atoms with Crippen molar-refractivity contribution < 1.29 is 12.6 Å². The number of thiophene rings is 1. The summed E-state index contributed by atoms with van der Waals surface area (Å²) in [6.45, 7) is 1.32. The van der Waals surface area contributed by atoms with Crippen LogP contribution in [0.3, 0.4) is 0 Å². The number of anilines is 1. The maximum Gasteiger partial charge on any atom is 0.380 e. The zero-order valence-electron chi connectivity index (χ0n) is 14.3. The van der Waals surface area contributed by atoms with Gasteiger partial charge < -0.3 is 9.08 Å². The van der Waals surface area contributed by atoms with E-state index in [-0.39, 0.29) is 5.75 Å². The Balaban J connectivity index is 1.81. The van der Waals surface area contributed by atoms with Crippen molar-refractivity contribution >= 4 is 27.3 Å². The lowest BCUT2D eigenvalue weighted by Crippen LogP contribution is -2.22. The van der Waals surface area contributed by atoms with E-state index in [9.17, 15) is 8.42 Å². The predicted octanol–water partition coefficient (Wildman–Crippen LogP) is 3.41. The number of hydrogen-bond donors (Lipinski definition) is 1. The molecule has 0 aliphatic carbocycles. The van der Waals surface area contributed by atoms with Crippen LogP contribution in [0, 0.1) is 11.3 Å². The molecule has 1 heterocycles. The van der Waals surface area contributed by atoms with Crippen molar-refractivity contribution in [1.29, 1.82) is 5.26 Å². The quantitative estimate of drug-likeness (QED) is 0.657. The van der Waals surface area contributed by atoms with E-state index < -0.39 is 10.3 Å². The maximum atomic E-state index is 11.0. The minimum absolute atomic E-state index is 0.170. The molecule has 1 aromatic heterocycles. The minimum Gasteiger partial charge on any atom is -0.371 e. The normalized spacial score (nSPS) is 11.0. The zero-order chi connectivity index (χ0) is 19.3. The molecule has 138 valence electrons. The Morgan fingerprint density at radius 2 is 1.67 bits per heavy atom. The van der Waals surface area contributed by atoms with Gasteiger partial charge in [0.15, 0.2) is 0 Å². The fraction of sp³-hybridized carbons (Fsp3) is 0.105. The third-order valence-corrected chi connectivity index (χ3v) is 4.98. The number of nitrogens with zero attached hydrogens (tertiary/aromatic N) is 2. The first kappa shape index (κ1) is 18.9. The molecule has 8 heteroatoms. The maximum absolute atomic E-state index is 11.0. The summed E-state index contributed by atoms with van der Waals surface area (Å²) >= 11 is 1.64. The first-order chi connectivity index (χ1) is 12.9. The summed E-state index contributed by atoms with van der Waals surface area (Å²) in [4.78, 5) is 2.18. The van der Waals surface area contributed by atoms with Crippen LogP contribution in [-0.4, -0.2) is 8.42 Å². The molecule has 6 nitrogen and oxygen atoms in total. The van der Waals surface area contributed by atoms with Gasteiger partial charge in [-0.2, -0.15) is 30.2 Å². The van der Waals surface area contributed by atoms with E-state index >= 15 is 0 Å². The van der Waals surface area contributed by atoms with Crippen LogP contribution in [0.1, 0.15) is 16.7 Å². The highest BCUT2D eigenvalue weighted by atomic mass is 32.2. The van der Waals surface area contributed by atoms with E-state index in [1.807, 2.05) is 17.5 Å². The van der Waals surface area contributed by atoms with E-state index in [1.165, 1.54) is 5.56 Å². The largest absolute Gasteiger partial charge is 0.380 e. The van der Waals surface area contributed by atoms with E-state index in [1.54, 1.807) is 47.7 Å². The van der Waals surface area contributed by atoms with Crippen LogP contribution in [0.25, 0.3) is 0 Å². The Kier molecular flexibility index (Phi) is 5.76. The second kappa shape index (κ2) is 8.22. The van der Waals surface area contributed by atoms with Gasteiger partial charge in [-0.15, -0.1) is 0 Å². The van der Waals surface area contributed by atoms with E-state index in [2.05, 4.69) is 26.6 Å². The Morgan fingerprint density at radius 1 is 1.00 bits per heavy atom. The molecular weight excluding hydrogens is 382 g/mol. The standard InChI is InChI=1S/C19H17N3O3S2/c20-11-15-1-5-18(6-2-15)22(13-17-9-10-26-14-17)12-16-3-7-19(8-4-16)25-27(21,23)24/h1-10,14H,12-13H2,(H2,21,23,24). The lowest BCUT2D eigenvalue weighted by molar-refractivity contribution is 0.487. The summed E-state index contributed by atoms with van der Waals surface area (Å²) in [5.41, 5.74) is 3.78. The molecule has 0 fully saturated rings. The third-order valence-electron chi connectivity index (χ3n) is 3.82. The summed E-state index contributed by atoms with van der Waals surface area (Å²) < 4.78 is 26.7. The van der Waals surface area contributed by atoms with Gasteiger partial charge in [0.05, 0.1) is 11.6 Å². The SMILES string of the molecule is N#Cc1ccc(N(Cc2ccc(OS(N)(=O)=O)cc2)Cc2ccsc2)cc1. The van der Waals surface area contributed by atoms with Crippen molar-refractivity contribution in [1.82, 2.24) is 0 Å². The van der Waals surface area contributed by atoms with Crippen LogP contribution in [0.2, 0.25) is 0 Å². The highest BCUT2D eigenvalue weighted by Crippen LogP contribution is 2.23. The first-order valence-corrected chi connectivity index (χ1v) is 10.4. The minimum atomic E-state index is -4.03. The molecule has 0 radical (unpaired) electrons. The second-order valence-electron chi connectivity index (χ2n) is 5.87. The van der Waals surface area contributed by atoms with Gasteiger partial charge in [0.2, 0.25) is 0 Å². The van der Waals surface area contributed by atoms with Crippen molar-refractivity contribution in [2.45, 2.75) is 13.1 Å². The Labute approximate surface area is 162 Å². The Hall–Kier alpha value is -2.86. The van der Waals surface area contributed by atoms with Crippen molar-refractivity contribution in [3.8, 4) is 11.8 Å². The summed E-state index contributed by atoms with van der Waals surface area (Å²) in [5.74, 6) is 0.170. The third kappa shape index (κ3) is 5.56. The van der Waals surface area contributed by atoms with Crippen molar-refractivity contribution in [2.24, 2.45) is 5.14 Å². The summed E-state index contributed by atoms with van der Waals surface area (Å²) in [5, 5.41) is 18.0. The molecular formula is C19H17N3O3S2. The van der Waals surface area contributed by atoms with Crippen molar-refractivity contribution in [3.63, 3.8) is 0 Å². The first-order valence-electron chi connectivity index (χ1n) is 8.00. The smallest absolute Gasteiger partial charge is 0.371 e. The van der Waals surface area contributed by atoms with Crippen LogP contribution in [0.4, 0.5) is 5.69 Å². The molecule has 2 N–H and O–H groups in total. The molecule has 27 heavy (non-hydrogen) atoms. The fourth-order valence-corrected chi connectivity index (χ4v) is 3.63. The Bertz CT molecular complexity index is 1020. The van der Waals surface area contributed by atoms with Gasteiger partial charge in [-0.25, -0.2) is 0 Å². The van der Waals surface area contributed by atoms with Gasteiger partial charge in [0.1, 0.15) is 5.75 Å². The Morgan fingerprint density at radius 3 is 2.22 bits per heavy atom. The van der Waals surface area contributed by atoms with Gasteiger partial charge in [-0.1, -0.05) is 12.1 Å². The van der Waals surface area contributed by atoms with Gasteiger partial charge >= 0.3 is 10.3 Å². The van der Waals surface area contributed by atoms with Crippen molar-refractivity contribution in [3.05, 3.63) is 82.0 Å². The number of benzene rings is 2. The lowest BCUT2D eigenvalue weighted by Gasteiger charge is -2.25. The van der Waals surface area contributed by atoms with Gasteiger partial charge in [-0.3, -0.25) is 0 Å². The number of nitriles is 1. The van der Waals surface area contributed by atoms with E-state index in [0.717, 1.165) is 11.3 Å². The van der Waals surface area contributed by atoms with Crippen LogP contribution in [-0.2, 0) is 23.4 Å². The molecule has 2 aromatic carbocycles. The number of hydrogen-bond acceptors (Lipinski definition) is 6. The molecule has 0 saturated heterocycles. The van der Waals surface area contributed by atoms with Crippen LogP contribution in [0.5, 0.6) is 5.75 Å². The average Bonchev–Trinajstić information content (AvgIpc) is 3.15. The molecule has 0 aliphatic heterocycles. The van der Waals surface area contributed by atoms with Crippen LogP contribution >= 0.6 is 11.3 Å². The molecule has 0 unspecified atom stereocenters. The lowest BCUT2D eigenvalue weighted by atomic mass is 10.1. The van der Waals surface area contributed by atoms with E-state index in [4.69, 9.17) is 10.4 Å². The molecule has 0 bridgehead atoms. The number of nitrogens with two attached hydrogens (primary N) is 1. The van der Waals surface area contributed by atoms with Gasteiger partial charge in [0.25, 0.3) is 0 Å². The molecule has 0 spiro atoms. The van der Waals surface area contributed by atoms with E-state index in [0.29, 0.717) is 18.7 Å². The van der Waals surface area contributed by atoms with Crippen LogP contribution in [0.15, 0.2) is 65.4 Å². The molecule has 0 atom stereocenters. The number of rotatable bonds is 7. The summed E-state index contributed by atoms with van der Waals surface area (Å²) in [7, 11) is -4.03. The fourth-order valence-electron chi connectivity index (χ4n) is 2.59. The van der Waals surface area contributed by atoms with Crippen LogP contribution < -0.4 is 14.2 Å². The molecule has 0 aliphatic rings. The van der Waals surface area contributed by atoms with Gasteiger partial charge in [-0.05, 0) is 64.4 Å². The highest BCUT2D eigenvalue weighted by molar-refractivity contribution is 7.84. The zero-order valence-corrected chi connectivity index (χ0v) is 15.9. The average molecular weight is 399 g/mol. The molecule has 0 amide bonds. The highest BCUT2D eigenvalue weighted by Gasteiger charge is 2.10. The molecule has 3 rings (SSSR count). The van der Waals surface area contributed by atoms with Gasteiger partial charge in [0, 0.05) is 18.8 Å². The van der Waals surface area contributed by atoms with Crippen molar-refractivity contribution in [2.75, 3.05) is 4.90 Å². The summed E-state index contributed by atoms with van der Waals surface area (Å²) in [6, 6.07) is 18.4. The second-order valence-corrected chi connectivity index (χ2v) is 7.80. The topological polar surface area (TPSA) is 96.4 Å². The summed E-state index contributed by atoms with van der Waals surface area (Å²) in [6.07, 6.45) is 0. The predicted molar refractivity (Wildman–Crippen MR) is 106 cm³/mol.